The second-order valence-corrected chi connectivity index (χ2v) is 7.35. The monoisotopic (exact) mass is 508 g/mol. The number of rotatable bonds is 6. The van der Waals surface area contributed by atoms with Gasteiger partial charge in [0.1, 0.15) is 0 Å². The predicted octanol–water partition coefficient (Wildman–Crippen LogP) is 3.92. The van der Waals surface area contributed by atoms with Crippen molar-refractivity contribution in [3.63, 3.8) is 0 Å². The van der Waals surface area contributed by atoms with Crippen LogP contribution in [-0.2, 0) is 11.3 Å². The van der Waals surface area contributed by atoms with E-state index in [9.17, 15) is 0 Å². The van der Waals surface area contributed by atoms with Crippen molar-refractivity contribution < 1.29 is 4.74 Å². The summed E-state index contributed by atoms with van der Waals surface area (Å²) in [6.45, 7) is 9.41. The summed E-state index contributed by atoms with van der Waals surface area (Å²) in [4.78, 5) is 6.78. The Morgan fingerprint density at radius 3 is 2.45 bits per heavy atom. The van der Waals surface area contributed by atoms with Crippen molar-refractivity contribution in [2.75, 3.05) is 44.8 Å². The third-order valence-electron chi connectivity index (χ3n) is 5.24. The molecule has 158 valence electrons. The fourth-order valence-electron chi connectivity index (χ4n) is 3.44. The number of para-hydroxylation sites is 1. The molecule has 1 fully saturated rings. The Bertz CT molecular complexity index is 773. The third-order valence-corrected chi connectivity index (χ3v) is 5.24. The van der Waals surface area contributed by atoms with Crippen molar-refractivity contribution in [3.8, 4) is 0 Å². The van der Waals surface area contributed by atoms with Gasteiger partial charge in [-0.1, -0.05) is 55.0 Å². The molecule has 5 nitrogen and oxygen atoms in total. The number of benzene rings is 2. The molecule has 6 heteroatoms. The first-order chi connectivity index (χ1) is 13.7. The first-order valence-corrected chi connectivity index (χ1v) is 10.1. The summed E-state index contributed by atoms with van der Waals surface area (Å²) < 4.78 is 5.49. The fourth-order valence-corrected chi connectivity index (χ4v) is 3.44. The predicted molar refractivity (Wildman–Crippen MR) is 133 cm³/mol. The zero-order valence-corrected chi connectivity index (χ0v) is 20.0. The van der Waals surface area contributed by atoms with Crippen molar-refractivity contribution in [1.29, 1.82) is 0 Å². The van der Waals surface area contributed by atoms with Gasteiger partial charge in [-0.05, 0) is 30.0 Å². The van der Waals surface area contributed by atoms with E-state index in [0.717, 1.165) is 45.4 Å². The summed E-state index contributed by atoms with van der Waals surface area (Å²) in [5.41, 5.74) is 5.19. The number of aryl methyl sites for hydroxylation is 1. The molecule has 1 aliphatic rings. The Morgan fingerprint density at radius 1 is 1.07 bits per heavy atom. The number of morpholine rings is 1. The van der Waals surface area contributed by atoms with E-state index in [0.29, 0.717) is 5.92 Å². The van der Waals surface area contributed by atoms with Crippen LogP contribution in [0.1, 0.15) is 29.5 Å². The molecule has 2 aromatic carbocycles. The third kappa shape index (κ3) is 6.89. The zero-order valence-electron chi connectivity index (χ0n) is 17.6. The lowest BCUT2D eigenvalue weighted by Gasteiger charge is -2.30. The summed E-state index contributed by atoms with van der Waals surface area (Å²) >= 11 is 0. The molecule has 0 aromatic heterocycles. The minimum atomic E-state index is 0. The van der Waals surface area contributed by atoms with E-state index in [-0.39, 0.29) is 24.0 Å². The van der Waals surface area contributed by atoms with Crippen LogP contribution >= 0.6 is 24.0 Å². The minimum absolute atomic E-state index is 0. The minimum Gasteiger partial charge on any atom is -0.378 e. The average Bonchev–Trinajstić information content (AvgIpc) is 2.75. The lowest BCUT2D eigenvalue weighted by Crippen LogP contribution is -2.40. The summed E-state index contributed by atoms with van der Waals surface area (Å²) in [7, 11) is 1.82. The molecule has 1 unspecified atom stereocenters. The molecule has 0 aliphatic carbocycles. The van der Waals surface area contributed by atoms with Gasteiger partial charge in [0.2, 0.25) is 0 Å². The van der Waals surface area contributed by atoms with Crippen molar-refractivity contribution in [1.82, 2.24) is 10.6 Å². The van der Waals surface area contributed by atoms with Gasteiger partial charge < -0.3 is 20.3 Å². The Hall–Kier alpha value is -1.80. The molecule has 0 spiro atoms. The van der Waals surface area contributed by atoms with Gasteiger partial charge in [-0.15, -0.1) is 24.0 Å². The molecule has 0 saturated carbocycles. The highest BCUT2D eigenvalue weighted by atomic mass is 127. The second kappa shape index (κ2) is 12.0. The van der Waals surface area contributed by atoms with Crippen LogP contribution in [0, 0.1) is 6.92 Å². The van der Waals surface area contributed by atoms with Crippen LogP contribution in [0.25, 0.3) is 0 Å². The van der Waals surface area contributed by atoms with E-state index in [1.54, 1.807) is 0 Å². The molecule has 3 rings (SSSR count). The van der Waals surface area contributed by atoms with E-state index in [1.165, 1.54) is 22.4 Å². The van der Waals surface area contributed by atoms with Gasteiger partial charge >= 0.3 is 0 Å². The Morgan fingerprint density at radius 2 is 1.76 bits per heavy atom. The van der Waals surface area contributed by atoms with E-state index in [4.69, 9.17) is 4.74 Å². The van der Waals surface area contributed by atoms with Crippen LogP contribution in [0.15, 0.2) is 53.5 Å². The molecule has 29 heavy (non-hydrogen) atoms. The molecule has 0 radical (unpaired) electrons. The van der Waals surface area contributed by atoms with Crippen LogP contribution in [-0.4, -0.2) is 45.9 Å². The van der Waals surface area contributed by atoms with Crippen molar-refractivity contribution in [2.24, 2.45) is 4.99 Å². The van der Waals surface area contributed by atoms with Gasteiger partial charge in [0.05, 0.1) is 13.2 Å². The number of hydrogen-bond donors (Lipinski definition) is 2. The molecule has 2 N–H and O–H groups in total. The van der Waals surface area contributed by atoms with Gasteiger partial charge in [-0.2, -0.15) is 0 Å². The highest BCUT2D eigenvalue weighted by Crippen LogP contribution is 2.21. The van der Waals surface area contributed by atoms with Crippen LogP contribution in [0.4, 0.5) is 5.69 Å². The van der Waals surface area contributed by atoms with E-state index in [1.807, 2.05) is 7.05 Å². The molecule has 1 atom stereocenters. The smallest absolute Gasteiger partial charge is 0.191 e. The fraction of sp³-hybridized carbons (Fsp3) is 0.435. The standard InChI is InChI=1S/C23H32N4O.HI/c1-18-8-10-20(11-9-18)19(2)16-25-23(24-3)26-17-21-6-4-5-7-22(21)27-12-14-28-15-13-27;/h4-11,19H,12-17H2,1-3H3,(H2,24,25,26);1H. The Labute approximate surface area is 192 Å². The van der Waals surface area contributed by atoms with Gasteiger partial charge in [0.15, 0.2) is 5.96 Å². The number of ether oxygens (including phenoxy) is 1. The van der Waals surface area contributed by atoms with Crippen LogP contribution in [0.5, 0.6) is 0 Å². The quantitative estimate of drug-likeness (QED) is 0.353. The van der Waals surface area contributed by atoms with Crippen molar-refractivity contribution in [3.05, 3.63) is 65.2 Å². The summed E-state index contributed by atoms with van der Waals surface area (Å²) in [6.07, 6.45) is 0. The topological polar surface area (TPSA) is 48.9 Å². The Balaban J connectivity index is 0.00000300. The van der Waals surface area contributed by atoms with Gasteiger partial charge in [-0.25, -0.2) is 0 Å². The Kier molecular flexibility index (Phi) is 9.73. The second-order valence-electron chi connectivity index (χ2n) is 7.35. The molecular formula is C23H33IN4O. The highest BCUT2D eigenvalue weighted by molar-refractivity contribution is 14.0. The largest absolute Gasteiger partial charge is 0.378 e. The lowest BCUT2D eigenvalue weighted by molar-refractivity contribution is 0.122. The van der Waals surface area contributed by atoms with Crippen molar-refractivity contribution >= 4 is 35.6 Å². The van der Waals surface area contributed by atoms with Gasteiger partial charge in [0.25, 0.3) is 0 Å². The van der Waals surface area contributed by atoms with Gasteiger partial charge in [0, 0.05) is 38.9 Å². The number of guanidine groups is 1. The van der Waals surface area contributed by atoms with E-state index in [2.05, 4.69) is 82.9 Å². The van der Waals surface area contributed by atoms with E-state index >= 15 is 0 Å². The van der Waals surface area contributed by atoms with Crippen LogP contribution < -0.4 is 15.5 Å². The first kappa shape index (κ1) is 23.5. The average molecular weight is 508 g/mol. The molecule has 1 saturated heterocycles. The van der Waals surface area contributed by atoms with Crippen LogP contribution in [0.2, 0.25) is 0 Å². The first-order valence-electron chi connectivity index (χ1n) is 10.1. The molecule has 2 aromatic rings. The number of hydrogen-bond acceptors (Lipinski definition) is 3. The molecule has 1 aliphatic heterocycles. The zero-order chi connectivity index (χ0) is 19.8. The number of aliphatic imine (C=N–C) groups is 1. The maximum Gasteiger partial charge on any atom is 0.191 e. The van der Waals surface area contributed by atoms with Crippen molar-refractivity contribution in [2.45, 2.75) is 26.3 Å². The van der Waals surface area contributed by atoms with Crippen LogP contribution in [0.3, 0.4) is 0 Å². The summed E-state index contributed by atoms with van der Waals surface area (Å²) in [5, 5.41) is 6.92. The summed E-state index contributed by atoms with van der Waals surface area (Å²) in [5.74, 6) is 1.25. The normalized spacial score (nSPS) is 15.4. The number of halogens is 1. The number of nitrogens with zero attached hydrogens (tertiary/aromatic N) is 2. The maximum absolute atomic E-state index is 5.49. The highest BCUT2D eigenvalue weighted by Gasteiger charge is 2.14. The SMILES string of the molecule is CN=C(NCc1ccccc1N1CCOCC1)NCC(C)c1ccc(C)cc1.I. The molecule has 1 heterocycles. The van der Waals surface area contributed by atoms with E-state index < -0.39 is 0 Å². The van der Waals surface area contributed by atoms with Gasteiger partial charge in [-0.3, -0.25) is 4.99 Å². The number of anilines is 1. The molecular weight excluding hydrogens is 475 g/mol. The lowest BCUT2D eigenvalue weighted by atomic mass is 10.0. The number of nitrogens with one attached hydrogen (secondary N) is 2. The maximum atomic E-state index is 5.49. The molecule has 0 amide bonds. The molecule has 0 bridgehead atoms. The summed E-state index contributed by atoms with van der Waals surface area (Å²) in [6, 6.07) is 17.3.